The minimum absolute atomic E-state index is 0. The van der Waals surface area contributed by atoms with Gasteiger partial charge in [0, 0.05) is 44.0 Å². The summed E-state index contributed by atoms with van der Waals surface area (Å²) in [5.74, 6) is 3.88. The van der Waals surface area contributed by atoms with Crippen molar-refractivity contribution < 1.29 is 28.5 Å². The predicted octanol–water partition coefficient (Wildman–Crippen LogP) is 12.1. The molecule has 3 aromatic heterocycles. The highest BCUT2D eigenvalue weighted by Crippen LogP contribution is 2.40. The van der Waals surface area contributed by atoms with E-state index >= 15 is 0 Å². The quantitative estimate of drug-likeness (QED) is 0.0367. The van der Waals surface area contributed by atoms with Gasteiger partial charge in [-0.05, 0) is 105 Å². The van der Waals surface area contributed by atoms with Crippen molar-refractivity contribution in [3.05, 3.63) is 104 Å². The summed E-state index contributed by atoms with van der Waals surface area (Å²) in [6.45, 7) is 3.88. The smallest absolute Gasteiger partial charge is 0.218 e. The van der Waals surface area contributed by atoms with Gasteiger partial charge < -0.3 is 24.4 Å². The molecule has 5 aromatic rings. The first-order chi connectivity index (χ1) is 25.8. The molecule has 3 N–H and O–H groups in total. The van der Waals surface area contributed by atoms with Gasteiger partial charge in [0.1, 0.15) is 5.69 Å². The van der Waals surface area contributed by atoms with Gasteiger partial charge in [-0.25, -0.2) is 4.68 Å². The van der Waals surface area contributed by atoms with E-state index in [1.807, 2.05) is 16.8 Å². The van der Waals surface area contributed by atoms with Crippen LogP contribution in [0.5, 0.6) is 0 Å². The summed E-state index contributed by atoms with van der Waals surface area (Å²) < 4.78 is 24.5. The van der Waals surface area contributed by atoms with Crippen LogP contribution in [0, 0.1) is 5.92 Å². The normalized spacial score (nSPS) is 11.3. The summed E-state index contributed by atoms with van der Waals surface area (Å²) in [6, 6.07) is 18.0. The van der Waals surface area contributed by atoms with Gasteiger partial charge in [-0.2, -0.15) is 5.10 Å². The molecule has 0 fully saturated rings. The maximum atomic E-state index is 12.2. The summed E-state index contributed by atoms with van der Waals surface area (Å²) in [6.07, 6.45) is -0.341. The number of nitrogens with two attached hydrogens (primary N) is 1. The zero-order valence-corrected chi connectivity index (χ0v) is 39.0. The first-order valence-electron chi connectivity index (χ1n) is 16.0. The average molecular weight is 1020 g/mol. The van der Waals surface area contributed by atoms with Crippen LogP contribution in [-0.4, -0.2) is 56.1 Å². The molecule has 19 heteroatoms. The standard InChI is InChI=1S/C18H17BrCl2N2O2S.C12H15BrO4S.C6H6Cl2N2.ClH/c1-4-11-16(18(24-2)25-3)22-23(13-6-5-10(20)9-12(13)21)17(11)14-7-8-15(19)26-14;1-4-7(11(15)12(16-2)17-3)10(14)8-5-6-9(13)18-8;7-4-1-2-6(10-9)5(8)3-4;/h5-9,18H,4H2,1-3H3;5-7,12H,4H2,1-3H3;1-3,10H,9H2;1H. The lowest BCUT2D eigenvalue weighted by Gasteiger charge is -2.17. The Balaban J connectivity index is 0.000000313. The summed E-state index contributed by atoms with van der Waals surface area (Å²) >= 11 is 33.6. The minimum atomic E-state index is -0.984. The predicted molar refractivity (Wildman–Crippen MR) is 235 cm³/mol. The van der Waals surface area contributed by atoms with E-state index in [1.165, 1.54) is 25.6 Å². The lowest BCUT2D eigenvalue weighted by Crippen LogP contribution is -2.35. The minimum Gasteiger partial charge on any atom is -0.350 e. The Hall–Kier alpha value is -1.60. The molecule has 3 heterocycles. The van der Waals surface area contributed by atoms with Crippen molar-refractivity contribution in [3.63, 3.8) is 0 Å². The molecule has 0 bridgehead atoms. The van der Waals surface area contributed by atoms with E-state index in [0.29, 0.717) is 37.1 Å². The fourth-order valence-corrected chi connectivity index (χ4v) is 8.86. The summed E-state index contributed by atoms with van der Waals surface area (Å²) in [5, 5.41) is 7.03. The maximum absolute atomic E-state index is 12.2. The van der Waals surface area contributed by atoms with Crippen LogP contribution in [0.1, 0.15) is 47.5 Å². The lowest BCUT2D eigenvalue weighted by molar-refractivity contribution is -0.159. The number of thiophene rings is 2. The molecule has 0 spiro atoms. The van der Waals surface area contributed by atoms with Gasteiger partial charge in [-0.1, -0.05) is 60.3 Å². The molecule has 0 amide bonds. The highest BCUT2D eigenvalue weighted by molar-refractivity contribution is 9.11. The zero-order chi connectivity index (χ0) is 40.1. The molecule has 5 rings (SSSR count). The molecule has 0 radical (unpaired) electrons. The first kappa shape index (κ1) is 49.5. The Morgan fingerprint density at radius 2 is 1.42 bits per heavy atom. The average Bonchev–Trinajstić information content (AvgIpc) is 3.88. The number of benzene rings is 2. The van der Waals surface area contributed by atoms with Crippen molar-refractivity contribution in [1.29, 1.82) is 0 Å². The van der Waals surface area contributed by atoms with Gasteiger partial charge in [-0.15, -0.1) is 35.1 Å². The number of carbonyl (C=O) groups excluding carboxylic acids is 2. The molecular weight excluding hydrogens is 986 g/mol. The van der Waals surface area contributed by atoms with Crippen LogP contribution < -0.4 is 11.3 Å². The Morgan fingerprint density at radius 3 is 1.87 bits per heavy atom. The summed E-state index contributed by atoms with van der Waals surface area (Å²) in [7, 11) is 5.96. The molecule has 0 aliphatic carbocycles. The number of nitrogens with one attached hydrogen (secondary N) is 1. The molecule has 2 aromatic carbocycles. The number of aromatic nitrogens is 2. The topological polar surface area (TPSA) is 127 Å². The van der Waals surface area contributed by atoms with E-state index in [4.69, 9.17) is 76.3 Å². The summed E-state index contributed by atoms with van der Waals surface area (Å²) in [5.41, 5.74) is 6.62. The number of nitrogens with zero attached hydrogens (tertiary/aromatic N) is 2. The van der Waals surface area contributed by atoms with E-state index in [0.717, 1.165) is 41.5 Å². The third kappa shape index (κ3) is 13.2. The van der Waals surface area contributed by atoms with Crippen molar-refractivity contribution in [2.45, 2.75) is 39.3 Å². The number of halogens is 7. The second-order valence-electron chi connectivity index (χ2n) is 10.9. The highest BCUT2D eigenvalue weighted by Gasteiger charge is 2.32. The van der Waals surface area contributed by atoms with Crippen molar-refractivity contribution in [1.82, 2.24) is 9.78 Å². The van der Waals surface area contributed by atoms with E-state index < -0.39 is 18.5 Å². The third-order valence-electron chi connectivity index (χ3n) is 7.60. The molecule has 10 nitrogen and oxygen atoms in total. The van der Waals surface area contributed by atoms with E-state index in [2.05, 4.69) is 50.3 Å². The molecule has 0 aliphatic heterocycles. The van der Waals surface area contributed by atoms with Gasteiger partial charge in [-0.3, -0.25) is 15.4 Å². The zero-order valence-electron chi connectivity index (χ0n) is 30.3. The first-order valence-corrected chi connectivity index (χ1v) is 20.7. The number of carbonyl (C=O) groups is 2. The second-order valence-corrected chi connectivity index (χ2v) is 17.5. The van der Waals surface area contributed by atoms with Crippen LogP contribution in [0.25, 0.3) is 16.3 Å². The highest BCUT2D eigenvalue weighted by atomic mass is 79.9. The number of hydrazine groups is 1. The van der Waals surface area contributed by atoms with Crippen molar-refractivity contribution in [2.75, 3.05) is 33.9 Å². The Bertz CT molecular complexity index is 2010. The molecular formula is C36H39Br2Cl5N4O6S2. The van der Waals surface area contributed by atoms with Crippen LogP contribution in [0.3, 0.4) is 0 Å². The molecule has 1 atom stereocenters. The van der Waals surface area contributed by atoms with Crippen LogP contribution in [-0.2, 0) is 30.2 Å². The van der Waals surface area contributed by atoms with Gasteiger partial charge >= 0.3 is 0 Å². The Labute approximate surface area is 371 Å². The van der Waals surface area contributed by atoms with Gasteiger partial charge in [0.05, 0.1) is 50.4 Å². The molecule has 0 aliphatic rings. The fourth-order valence-electron chi connectivity index (χ4n) is 5.08. The lowest BCUT2D eigenvalue weighted by atomic mass is 9.94. The van der Waals surface area contributed by atoms with Gasteiger partial charge in [0.15, 0.2) is 11.6 Å². The van der Waals surface area contributed by atoms with Gasteiger partial charge in [0.25, 0.3) is 0 Å². The molecule has 0 saturated heterocycles. The molecule has 0 saturated carbocycles. The van der Waals surface area contributed by atoms with Crippen LogP contribution in [0.15, 0.2) is 68.2 Å². The van der Waals surface area contributed by atoms with Crippen molar-refractivity contribution in [2.24, 2.45) is 11.8 Å². The van der Waals surface area contributed by atoms with Crippen LogP contribution >= 0.6 is 113 Å². The number of nitrogen functional groups attached to an aromatic ring is 1. The second kappa shape index (κ2) is 24.4. The fraction of sp³-hybridized carbons (Fsp3) is 0.306. The monoisotopic (exact) mass is 1020 g/mol. The third-order valence-corrected chi connectivity index (χ3v) is 11.9. The molecule has 55 heavy (non-hydrogen) atoms. The number of methoxy groups -OCH3 is 4. The number of hydrogen-bond acceptors (Lipinski definition) is 11. The molecule has 300 valence electrons. The number of rotatable bonds is 14. The summed E-state index contributed by atoms with van der Waals surface area (Å²) in [4.78, 5) is 25.9. The van der Waals surface area contributed by atoms with Crippen LogP contribution in [0.2, 0.25) is 20.1 Å². The van der Waals surface area contributed by atoms with Crippen LogP contribution in [0.4, 0.5) is 5.69 Å². The number of ether oxygens (including phenoxy) is 4. The largest absolute Gasteiger partial charge is 0.350 e. The SMILES string of the molecule is CCC(C(=O)c1ccc(Br)s1)C(=O)C(OC)OC.CCc1c(C(OC)OC)nn(-c2ccc(Cl)cc2Cl)c1-c1ccc(Br)s1.Cl.NNc1ccc(Cl)cc1Cl. The van der Waals surface area contributed by atoms with Crippen molar-refractivity contribution in [3.8, 4) is 16.3 Å². The van der Waals surface area contributed by atoms with E-state index in [-0.39, 0.29) is 24.0 Å². The van der Waals surface area contributed by atoms with E-state index in [9.17, 15) is 9.59 Å². The van der Waals surface area contributed by atoms with Crippen molar-refractivity contribution >= 4 is 131 Å². The van der Waals surface area contributed by atoms with E-state index in [1.54, 1.807) is 74.9 Å². The number of Topliss-reactive ketones (excluding diaryl/α,β-unsaturated/α-hetero) is 2. The van der Waals surface area contributed by atoms with Gasteiger partial charge in [0.2, 0.25) is 12.6 Å². The number of anilines is 1. The Morgan fingerprint density at radius 1 is 0.836 bits per heavy atom. The number of ketones is 2. The number of hydrogen-bond donors (Lipinski definition) is 2. The maximum Gasteiger partial charge on any atom is 0.218 e. The molecule has 1 unspecified atom stereocenters. The Kier molecular flexibility index (Phi) is 21.9.